The summed E-state index contributed by atoms with van der Waals surface area (Å²) in [4.78, 5) is 0.965. The lowest BCUT2D eigenvalue weighted by Crippen LogP contribution is -2.30. The molecule has 1 nitrogen and oxygen atoms in total. The molecule has 0 aliphatic heterocycles. The Kier molecular flexibility index (Phi) is 3.87. The van der Waals surface area contributed by atoms with Gasteiger partial charge < -0.3 is 4.74 Å². The van der Waals surface area contributed by atoms with Crippen molar-refractivity contribution < 1.29 is 4.74 Å². The van der Waals surface area contributed by atoms with Crippen molar-refractivity contribution >= 4 is 12.6 Å². The van der Waals surface area contributed by atoms with Crippen molar-refractivity contribution in [2.45, 2.75) is 44.1 Å². The molecule has 0 saturated heterocycles. The van der Waals surface area contributed by atoms with Crippen LogP contribution in [-0.4, -0.2) is 5.60 Å². The van der Waals surface area contributed by atoms with Crippen LogP contribution in [0.15, 0.2) is 29.2 Å². The molecule has 1 aromatic rings. The molecule has 0 spiro atoms. The summed E-state index contributed by atoms with van der Waals surface area (Å²) in [5.41, 5.74) is -0.0435. The summed E-state index contributed by atoms with van der Waals surface area (Å²) >= 11 is 4.23. The highest BCUT2D eigenvalue weighted by Gasteiger charge is 2.21. The van der Waals surface area contributed by atoms with Gasteiger partial charge in [0.15, 0.2) is 0 Å². The Morgan fingerprint density at radius 1 is 1.14 bits per heavy atom. The van der Waals surface area contributed by atoms with Crippen LogP contribution < -0.4 is 4.74 Å². The molecule has 0 fully saturated rings. The predicted molar refractivity (Wildman–Crippen MR) is 63.3 cm³/mol. The van der Waals surface area contributed by atoms with Gasteiger partial charge in [0.25, 0.3) is 0 Å². The third-order valence-electron chi connectivity index (χ3n) is 2.70. The second-order valence-electron chi connectivity index (χ2n) is 3.75. The summed E-state index contributed by atoms with van der Waals surface area (Å²) in [5.74, 6) is 0.925. The summed E-state index contributed by atoms with van der Waals surface area (Å²) < 4.78 is 5.92. The van der Waals surface area contributed by atoms with E-state index in [2.05, 4.69) is 33.4 Å². The minimum absolute atomic E-state index is 0.0435. The average Bonchev–Trinajstić information content (AvgIpc) is 2.21. The van der Waals surface area contributed by atoms with Gasteiger partial charge in [0.1, 0.15) is 11.4 Å². The maximum Gasteiger partial charge on any atom is 0.120 e. The Bertz CT molecular complexity index is 275. The van der Waals surface area contributed by atoms with E-state index >= 15 is 0 Å². The molecular formula is C12H18OS. The van der Waals surface area contributed by atoms with Crippen LogP contribution in [0.4, 0.5) is 0 Å². The van der Waals surface area contributed by atoms with E-state index in [0.29, 0.717) is 0 Å². The van der Waals surface area contributed by atoms with E-state index in [1.165, 1.54) is 0 Å². The Balaban J connectivity index is 2.72. The summed E-state index contributed by atoms with van der Waals surface area (Å²) in [5, 5.41) is 0. The second kappa shape index (κ2) is 4.74. The number of rotatable bonds is 4. The Labute approximate surface area is 91.9 Å². The second-order valence-corrected chi connectivity index (χ2v) is 4.27. The van der Waals surface area contributed by atoms with Gasteiger partial charge in [-0.2, -0.15) is 0 Å². The van der Waals surface area contributed by atoms with Gasteiger partial charge in [-0.15, -0.1) is 12.6 Å². The largest absolute Gasteiger partial charge is 0.488 e. The third kappa shape index (κ3) is 2.95. The first-order valence-electron chi connectivity index (χ1n) is 5.07. The number of benzene rings is 1. The predicted octanol–water partition coefficient (Wildman–Crippen LogP) is 3.93. The molecule has 0 heterocycles. The van der Waals surface area contributed by atoms with Crippen molar-refractivity contribution in [3.05, 3.63) is 24.3 Å². The van der Waals surface area contributed by atoms with Crippen LogP contribution in [0.3, 0.4) is 0 Å². The van der Waals surface area contributed by atoms with Crippen LogP contribution in [0.2, 0.25) is 0 Å². The normalized spacial score (nSPS) is 11.4. The Hall–Kier alpha value is -0.630. The first-order chi connectivity index (χ1) is 6.59. The van der Waals surface area contributed by atoms with Crippen LogP contribution in [0.1, 0.15) is 33.6 Å². The van der Waals surface area contributed by atoms with Crippen molar-refractivity contribution in [2.24, 2.45) is 0 Å². The van der Waals surface area contributed by atoms with Gasteiger partial charge in [-0.25, -0.2) is 0 Å². The fourth-order valence-corrected chi connectivity index (χ4v) is 1.34. The van der Waals surface area contributed by atoms with Crippen LogP contribution in [0, 0.1) is 0 Å². The van der Waals surface area contributed by atoms with E-state index in [4.69, 9.17) is 4.74 Å². The van der Waals surface area contributed by atoms with Gasteiger partial charge in [0, 0.05) is 4.90 Å². The van der Waals surface area contributed by atoms with Gasteiger partial charge in [-0.05, 0) is 44.0 Å². The lowest BCUT2D eigenvalue weighted by atomic mass is 10.00. The SMILES string of the molecule is CCC(C)(CC)Oc1ccc(S)cc1. The highest BCUT2D eigenvalue weighted by Crippen LogP contribution is 2.24. The third-order valence-corrected chi connectivity index (χ3v) is 2.99. The molecule has 0 aliphatic carbocycles. The average molecular weight is 210 g/mol. The van der Waals surface area contributed by atoms with Gasteiger partial charge in [0.2, 0.25) is 0 Å². The topological polar surface area (TPSA) is 9.23 Å². The first-order valence-corrected chi connectivity index (χ1v) is 5.52. The zero-order valence-electron chi connectivity index (χ0n) is 9.08. The van der Waals surface area contributed by atoms with Gasteiger partial charge in [0.05, 0.1) is 0 Å². The molecule has 78 valence electrons. The smallest absolute Gasteiger partial charge is 0.120 e. The standard InChI is InChI=1S/C12H18OS/c1-4-12(3,5-2)13-10-6-8-11(14)9-7-10/h6-9,14H,4-5H2,1-3H3. The molecule has 0 N–H and O–H groups in total. The lowest BCUT2D eigenvalue weighted by molar-refractivity contribution is 0.0802. The molecule has 0 atom stereocenters. The van der Waals surface area contributed by atoms with Gasteiger partial charge in [-0.3, -0.25) is 0 Å². The molecule has 0 unspecified atom stereocenters. The summed E-state index contributed by atoms with van der Waals surface area (Å²) in [7, 11) is 0. The zero-order valence-corrected chi connectivity index (χ0v) is 9.97. The summed E-state index contributed by atoms with van der Waals surface area (Å²) in [6.07, 6.45) is 2.04. The highest BCUT2D eigenvalue weighted by atomic mass is 32.1. The van der Waals surface area contributed by atoms with Crippen molar-refractivity contribution in [3.63, 3.8) is 0 Å². The van der Waals surface area contributed by atoms with Crippen LogP contribution >= 0.6 is 12.6 Å². The molecule has 1 rings (SSSR count). The monoisotopic (exact) mass is 210 g/mol. The van der Waals surface area contributed by atoms with E-state index in [1.807, 2.05) is 24.3 Å². The minimum Gasteiger partial charge on any atom is -0.488 e. The van der Waals surface area contributed by atoms with Crippen molar-refractivity contribution in [1.29, 1.82) is 0 Å². The Morgan fingerprint density at radius 2 is 1.64 bits per heavy atom. The highest BCUT2D eigenvalue weighted by molar-refractivity contribution is 7.80. The lowest BCUT2D eigenvalue weighted by Gasteiger charge is -2.28. The molecular weight excluding hydrogens is 192 g/mol. The number of thiol groups is 1. The zero-order chi connectivity index (χ0) is 10.6. The molecule has 0 aliphatic rings. The molecule has 0 amide bonds. The summed E-state index contributed by atoms with van der Waals surface area (Å²) in [6.45, 7) is 6.44. The van der Waals surface area contributed by atoms with Crippen molar-refractivity contribution in [2.75, 3.05) is 0 Å². The number of ether oxygens (including phenoxy) is 1. The quantitative estimate of drug-likeness (QED) is 0.741. The van der Waals surface area contributed by atoms with Crippen LogP contribution in [0.5, 0.6) is 5.75 Å². The molecule has 0 radical (unpaired) electrons. The van der Waals surface area contributed by atoms with Crippen LogP contribution in [-0.2, 0) is 0 Å². The maximum atomic E-state index is 5.92. The van der Waals surface area contributed by atoms with Crippen LogP contribution in [0.25, 0.3) is 0 Å². The van der Waals surface area contributed by atoms with E-state index in [9.17, 15) is 0 Å². The first kappa shape index (κ1) is 11.4. The van der Waals surface area contributed by atoms with E-state index in [-0.39, 0.29) is 5.60 Å². The minimum atomic E-state index is -0.0435. The molecule has 0 bridgehead atoms. The molecule has 0 aromatic heterocycles. The van der Waals surface area contributed by atoms with Gasteiger partial charge >= 0.3 is 0 Å². The summed E-state index contributed by atoms with van der Waals surface area (Å²) in [6, 6.07) is 7.83. The van der Waals surface area contributed by atoms with E-state index < -0.39 is 0 Å². The fraction of sp³-hybridized carbons (Fsp3) is 0.500. The molecule has 1 aromatic carbocycles. The Morgan fingerprint density at radius 3 is 2.07 bits per heavy atom. The molecule has 0 saturated carbocycles. The molecule has 2 heteroatoms. The van der Waals surface area contributed by atoms with Gasteiger partial charge in [-0.1, -0.05) is 13.8 Å². The van der Waals surface area contributed by atoms with E-state index in [0.717, 1.165) is 23.5 Å². The fourth-order valence-electron chi connectivity index (χ4n) is 1.19. The van der Waals surface area contributed by atoms with E-state index in [1.54, 1.807) is 0 Å². The number of hydrogen-bond donors (Lipinski definition) is 1. The van der Waals surface area contributed by atoms with Crippen molar-refractivity contribution in [3.8, 4) is 5.75 Å². The number of hydrogen-bond acceptors (Lipinski definition) is 2. The van der Waals surface area contributed by atoms with Crippen molar-refractivity contribution in [1.82, 2.24) is 0 Å². The maximum absolute atomic E-state index is 5.92. The molecule has 14 heavy (non-hydrogen) atoms.